The summed E-state index contributed by atoms with van der Waals surface area (Å²) in [6.45, 7) is 9.48. The number of aliphatic hydroxyl groups excluding tert-OH is 1. The number of hydrogen-bond donors (Lipinski definition) is 1. The number of ether oxygens (including phenoxy) is 1. The molecule has 0 saturated carbocycles. The van der Waals surface area contributed by atoms with Crippen molar-refractivity contribution in [2.24, 2.45) is 5.41 Å². The summed E-state index contributed by atoms with van der Waals surface area (Å²) in [5, 5.41) is 9.65. The topological polar surface area (TPSA) is 29.5 Å². The molecule has 0 aliphatic heterocycles. The van der Waals surface area contributed by atoms with E-state index < -0.39 is 6.10 Å². The number of aliphatic hydroxyl groups is 1. The van der Waals surface area contributed by atoms with Gasteiger partial charge in [-0.1, -0.05) is 26.8 Å². The third-order valence-corrected chi connectivity index (χ3v) is 1.70. The second-order valence-corrected chi connectivity index (χ2v) is 3.75. The minimum Gasteiger partial charge on any atom is -0.390 e. The van der Waals surface area contributed by atoms with Crippen LogP contribution in [0.2, 0.25) is 0 Å². The lowest BCUT2D eigenvalue weighted by Gasteiger charge is -2.30. The molecule has 0 aromatic rings. The van der Waals surface area contributed by atoms with Gasteiger partial charge in [0.1, 0.15) is 6.10 Å². The Hall–Kier alpha value is -0.340. The zero-order valence-electron chi connectivity index (χ0n) is 7.79. The highest BCUT2D eigenvalue weighted by molar-refractivity contribution is 4.91. The minimum atomic E-state index is -0.495. The predicted molar refractivity (Wildman–Crippen MR) is 46.5 cm³/mol. The first kappa shape index (κ1) is 10.7. The van der Waals surface area contributed by atoms with Crippen molar-refractivity contribution in [1.29, 1.82) is 0 Å². The molecule has 0 spiro atoms. The van der Waals surface area contributed by atoms with E-state index in [0.29, 0.717) is 0 Å². The van der Waals surface area contributed by atoms with E-state index in [1.54, 1.807) is 13.2 Å². The summed E-state index contributed by atoms with van der Waals surface area (Å²) in [5.74, 6) is 0. The third-order valence-electron chi connectivity index (χ3n) is 1.70. The maximum Gasteiger partial charge on any atom is 0.101 e. The van der Waals surface area contributed by atoms with Crippen LogP contribution in [-0.2, 0) is 4.74 Å². The molecule has 11 heavy (non-hydrogen) atoms. The standard InChI is InChI=1S/C9H18O2/c1-6-7(11-5)8(10)9(2,3)4/h6-8,10H,1H2,2-5H3/t7-,8+/m1/s1. The van der Waals surface area contributed by atoms with Crippen LogP contribution in [0.15, 0.2) is 12.7 Å². The van der Waals surface area contributed by atoms with E-state index in [1.165, 1.54) is 0 Å². The Morgan fingerprint density at radius 3 is 2.00 bits per heavy atom. The first-order valence-electron chi connectivity index (χ1n) is 3.77. The zero-order valence-corrected chi connectivity index (χ0v) is 7.79. The maximum atomic E-state index is 9.65. The van der Waals surface area contributed by atoms with E-state index in [-0.39, 0.29) is 11.5 Å². The molecule has 0 saturated heterocycles. The van der Waals surface area contributed by atoms with Gasteiger partial charge in [0.15, 0.2) is 0 Å². The highest BCUT2D eigenvalue weighted by Crippen LogP contribution is 2.23. The normalized spacial score (nSPS) is 17.5. The Labute approximate surface area is 68.9 Å². The van der Waals surface area contributed by atoms with Crippen LogP contribution in [0.1, 0.15) is 20.8 Å². The van der Waals surface area contributed by atoms with Crippen LogP contribution < -0.4 is 0 Å². The van der Waals surface area contributed by atoms with Gasteiger partial charge in [0.2, 0.25) is 0 Å². The average Bonchev–Trinajstić information content (AvgIpc) is 1.88. The molecule has 0 aliphatic carbocycles. The van der Waals surface area contributed by atoms with Crippen molar-refractivity contribution in [3.8, 4) is 0 Å². The fraction of sp³-hybridized carbons (Fsp3) is 0.778. The monoisotopic (exact) mass is 158 g/mol. The summed E-state index contributed by atoms with van der Waals surface area (Å²) in [4.78, 5) is 0. The van der Waals surface area contributed by atoms with Crippen LogP contribution in [0.3, 0.4) is 0 Å². The highest BCUT2D eigenvalue weighted by atomic mass is 16.5. The minimum absolute atomic E-state index is 0.158. The Morgan fingerprint density at radius 1 is 1.45 bits per heavy atom. The Balaban J connectivity index is 4.20. The van der Waals surface area contributed by atoms with E-state index in [0.717, 1.165) is 0 Å². The van der Waals surface area contributed by atoms with E-state index in [9.17, 15) is 5.11 Å². The Kier molecular flexibility index (Phi) is 3.76. The molecule has 0 aliphatic rings. The van der Waals surface area contributed by atoms with Crippen molar-refractivity contribution < 1.29 is 9.84 Å². The summed E-state index contributed by atoms with van der Waals surface area (Å²) in [6, 6.07) is 0. The van der Waals surface area contributed by atoms with Crippen molar-refractivity contribution in [3.05, 3.63) is 12.7 Å². The summed E-state index contributed by atoms with van der Waals surface area (Å²) >= 11 is 0. The van der Waals surface area contributed by atoms with Crippen molar-refractivity contribution in [2.75, 3.05) is 7.11 Å². The zero-order chi connectivity index (χ0) is 9.07. The SMILES string of the molecule is C=C[C@@H](OC)[C@H](O)C(C)(C)C. The molecule has 2 heteroatoms. The molecular weight excluding hydrogens is 140 g/mol. The van der Waals surface area contributed by atoms with E-state index >= 15 is 0 Å². The van der Waals surface area contributed by atoms with Crippen molar-refractivity contribution in [2.45, 2.75) is 33.0 Å². The van der Waals surface area contributed by atoms with Gasteiger partial charge < -0.3 is 9.84 Å². The summed E-state index contributed by atoms with van der Waals surface area (Å²) in [6.07, 6.45) is 0.857. The van der Waals surface area contributed by atoms with Crippen LogP contribution in [0.25, 0.3) is 0 Å². The molecule has 2 nitrogen and oxygen atoms in total. The molecule has 0 rings (SSSR count). The molecule has 0 fully saturated rings. The van der Waals surface area contributed by atoms with Crippen LogP contribution >= 0.6 is 0 Å². The van der Waals surface area contributed by atoms with Gasteiger partial charge in [-0.05, 0) is 5.41 Å². The second-order valence-electron chi connectivity index (χ2n) is 3.75. The quantitative estimate of drug-likeness (QED) is 0.632. The fourth-order valence-corrected chi connectivity index (χ4v) is 0.847. The predicted octanol–water partition coefficient (Wildman–Crippen LogP) is 1.59. The largest absolute Gasteiger partial charge is 0.390 e. The Bertz CT molecular complexity index is 124. The summed E-state index contributed by atoms with van der Waals surface area (Å²) < 4.78 is 5.02. The van der Waals surface area contributed by atoms with Crippen LogP contribution in [-0.4, -0.2) is 24.4 Å². The molecular formula is C9H18O2. The number of hydrogen-bond acceptors (Lipinski definition) is 2. The average molecular weight is 158 g/mol. The third kappa shape index (κ3) is 3.04. The highest BCUT2D eigenvalue weighted by Gasteiger charge is 2.28. The van der Waals surface area contributed by atoms with E-state index in [4.69, 9.17) is 4.74 Å². The molecule has 0 unspecified atom stereocenters. The van der Waals surface area contributed by atoms with E-state index in [1.807, 2.05) is 20.8 Å². The van der Waals surface area contributed by atoms with Gasteiger partial charge in [0.25, 0.3) is 0 Å². The molecule has 0 heterocycles. The van der Waals surface area contributed by atoms with Gasteiger partial charge >= 0.3 is 0 Å². The molecule has 0 aromatic heterocycles. The van der Waals surface area contributed by atoms with Gasteiger partial charge in [-0.15, -0.1) is 6.58 Å². The van der Waals surface area contributed by atoms with Gasteiger partial charge in [0, 0.05) is 7.11 Å². The van der Waals surface area contributed by atoms with Gasteiger partial charge in [-0.2, -0.15) is 0 Å². The Morgan fingerprint density at radius 2 is 1.91 bits per heavy atom. The van der Waals surface area contributed by atoms with Gasteiger partial charge in [-0.25, -0.2) is 0 Å². The van der Waals surface area contributed by atoms with Crippen LogP contribution in [0, 0.1) is 5.41 Å². The molecule has 0 radical (unpaired) electrons. The van der Waals surface area contributed by atoms with Crippen LogP contribution in [0.4, 0.5) is 0 Å². The number of rotatable bonds is 3. The molecule has 0 bridgehead atoms. The number of methoxy groups -OCH3 is 1. The van der Waals surface area contributed by atoms with Crippen molar-refractivity contribution in [3.63, 3.8) is 0 Å². The second kappa shape index (κ2) is 3.88. The summed E-state index contributed by atoms with van der Waals surface area (Å²) in [5.41, 5.74) is -0.158. The lowest BCUT2D eigenvalue weighted by atomic mass is 9.86. The van der Waals surface area contributed by atoms with Crippen LogP contribution in [0.5, 0.6) is 0 Å². The lowest BCUT2D eigenvalue weighted by Crippen LogP contribution is -2.37. The first-order chi connectivity index (χ1) is 4.93. The molecule has 1 N–H and O–H groups in total. The van der Waals surface area contributed by atoms with Crippen molar-refractivity contribution >= 4 is 0 Å². The van der Waals surface area contributed by atoms with Gasteiger partial charge in [0.05, 0.1) is 6.10 Å². The summed E-state index contributed by atoms with van der Waals surface area (Å²) in [7, 11) is 1.57. The van der Waals surface area contributed by atoms with Gasteiger partial charge in [-0.3, -0.25) is 0 Å². The molecule has 66 valence electrons. The lowest BCUT2D eigenvalue weighted by molar-refractivity contribution is -0.0413. The molecule has 0 aromatic carbocycles. The van der Waals surface area contributed by atoms with E-state index in [2.05, 4.69) is 6.58 Å². The smallest absolute Gasteiger partial charge is 0.101 e. The molecule has 2 atom stereocenters. The fourth-order valence-electron chi connectivity index (χ4n) is 0.847. The molecule has 0 amide bonds. The van der Waals surface area contributed by atoms with Crippen molar-refractivity contribution in [1.82, 2.24) is 0 Å². The maximum absolute atomic E-state index is 9.65. The first-order valence-corrected chi connectivity index (χ1v) is 3.77.